The molecule has 112 valence electrons. The van der Waals surface area contributed by atoms with Gasteiger partial charge in [0.25, 0.3) is 0 Å². The lowest BCUT2D eigenvalue weighted by Gasteiger charge is -2.26. The van der Waals surface area contributed by atoms with E-state index in [9.17, 15) is 8.78 Å². The fraction of sp³-hybridized carbons (Fsp3) is 0.316. The summed E-state index contributed by atoms with van der Waals surface area (Å²) in [6, 6.07) is 10.6. The van der Waals surface area contributed by atoms with Crippen LogP contribution in [0.4, 0.5) is 8.78 Å². The smallest absolute Gasteiger partial charge is 0.144 e. The molecule has 3 heteroatoms. The molecule has 1 aliphatic rings. The molecule has 0 fully saturated rings. The summed E-state index contributed by atoms with van der Waals surface area (Å²) in [5.41, 5.74) is 3.32. The van der Waals surface area contributed by atoms with Crippen molar-refractivity contribution in [3.63, 3.8) is 0 Å². The van der Waals surface area contributed by atoms with Crippen LogP contribution in [-0.4, -0.2) is 0 Å². The van der Waals surface area contributed by atoms with E-state index < -0.39 is 5.82 Å². The molecule has 1 atom stereocenters. The lowest BCUT2D eigenvalue weighted by atomic mass is 9.79. The zero-order chi connectivity index (χ0) is 15.7. The first-order chi connectivity index (χ1) is 10.6. The Kier molecular flexibility index (Phi) is 3.94. The van der Waals surface area contributed by atoms with Crippen molar-refractivity contribution in [2.75, 3.05) is 0 Å². The van der Waals surface area contributed by atoms with E-state index in [-0.39, 0.29) is 17.3 Å². The van der Waals surface area contributed by atoms with Crippen molar-refractivity contribution < 1.29 is 8.78 Å². The minimum atomic E-state index is -0.403. The third-order valence-electron chi connectivity index (χ3n) is 4.58. The van der Waals surface area contributed by atoms with Crippen molar-refractivity contribution in [2.24, 2.45) is 0 Å². The molecule has 1 nitrogen and oxygen atoms in total. The van der Waals surface area contributed by atoms with Crippen molar-refractivity contribution in [2.45, 2.75) is 38.5 Å². The molecule has 2 aromatic rings. The number of benzene rings is 2. The van der Waals surface area contributed by atoms with E-state index >= 15 is 0 Å². The molecular weight excluding hydrogens is 280 g/mol. The van der Waals surface area contributed by atoms with E-state index in [0.717, 1.165) is 17.5 Å². The highest BCUT2D eigenvalue weighted by Crippen LogP contribution is 2.35. The summed E-state index contributed by atoms with van der Waals surface area (Å²) < 4.78 is 28.4. The second kappa shape index (κ2) is 5.88. The maximum atomic E-state index is 14.3. The molecule has 0 heterocycles. The van der Waals surface area contributed by atoms with Gasteiger partial charge in [-0.05, 0) is 66.0 Å². The second-order valence-electron chi connectivity index (χ2n) is 5.83. The fourth-order valence-electron chi connectivity index (χ4n) is 3.28. The van der Waals surface area contributed by atoms with Crippen LogP contribution in [0.1, 0.15) is 47.1 Å². The first-order valence-electron chi connectivity index (χ1n) is 7.62. The van der Waals surface area contributed by atoms with Crippen LogP contribution in [0.15, 0.2) is 30.3 Å². The number of nitrogens with zero attached hydrogens (tertiary/aromatic N) is 1. The summed E-state index contributed by atoms with van der Waals surface area (Å²) in [6.45, 7) is 2.00. The van der Waals surface area contributed by atoms with Gasteiger partial charge in [-0.25, -0.2) is 8.78 Å². The van der Waals surface area contributed by atoms with Gasteiger partial charge in [-0.15, -0.1) is 0 Å². The van der Waals surface area contributed by atoms with Crippen LogP contribution in [0.5, 0.6) is 0 Å². The molecule has 2 aromatic carbocycles. The van der Waals surface area contributed by atoms with Crippen LogP contribution in [0.3, 0.4) is 0 Å². The maximum Gasteiger partial charge on any atom is 0.144 e. The van der Waals surface area contributed by atoms with Crippen LogP contribution in [0.2, 0.25) is 0 Å². The van der Waals surface area contributed by atoms with E-state index in [4.69, 9.17) is 5.26 Å². The highest BCUT2D eigenvalue weighted by molar-refractivity contribution is 5.43. The lowest BCUT2D eigenvalue weighted by molar-refractivity contribution is 0.514. The lowest BCUT2D eigenvalue weighted by Crippen LogP contribution is -2.16. The maximum absolute atomic E-state index is 14.3. The van der Waals surface area contributed by atoms with Gasteiger partial charge >= 0.3 is 0 Å². The Morgan fingerprint density at radius 1 is 1.23 bits per heavy atom. The van der Waals surface area contributed by atoms with E-state index in [2.05, 4.69) is 0 Å². The van der Waals surface area contributed by atoms with E-state index in [1.54, 1.807) is 12.1 Å². The van der Waals surface area contributed by atoms with Crippen LogP contribution in [0.25, 0.3) is 0 Å². The quantitative estimate of drug-likeness (QED) is 0.790. The van der Waals surface area contributed by atoms with Crippen LogP contribution < -0.4 is 0 Å². The fourth-order valence-corrected chi connectivity index (χ4v) is 3.28. The Labute approximate surface area is 129 Å². The SMILES string of the molecule is CCc1ccc(C2CCc3c(ccc(C#N)c3F)C2)c(F)c1. The first kappa shape index (κ1) is 14.7. The molecule has 0 aliphatic heterocycles. The van der Waals surface area contributed by atoms with E-state index in [1.165, 1.54) is 6.07 Å². The molecule has 0 saturated carbocycles. The Bertz CT molecular complexity index is 759. The van der Waals surface area contributed by atoms with Gasteiger partial charge in [0.1, 0.15) is 17.7 Å². The Balaban J connectivity index is 1.92. The van der Waals surface area contributed by atoms with Crippen molar-refractivity contribution in [3.05, 3.63) is 69.8 Å². The Hall–Kier alpha value is -2.21. The number of nitriles is 1. The van der Waals surface area contributed by atoms with E-state index in [0.29, 0.717) is 30.4 Å². The number of aryl methyl sites for hydroxylation is 1. The minimum absolute atomic E-state index is 0.0748. The van der Waals surface area contributed by atoms with Gasteiger partial charge in [-0.2, -0.15) is 5.26 Å². The number of hydrogen-bond donors (Lipinski definition) is 0. The highest BCUT2D eigenvalue weighted by Gasteiger charge is 2.25. The summed E-state index contributed by atoms with van der Waals surface area (Å²) in [7, 11) is 0. The van der Waals surface area contributed by atoms with E-state index in [1.807, 2.05) is 25.1 Å². The third kappa shape index (κ3) is 2.50. The first-order valence-corrected chi connectivity index (χ1v) is 7.62. The molecule has 22 heavy (non-hydrogen) atoms. The van der Waals surface area contributed by atoms with Crippen LogP contribution in [0, 0.1) is 23.0 Å². The molecule has 0 amide bonds. The molecule has 0 radical (unpaired) electrons. The average molecular weight is 297 g/mol. The minimum Gasteiger partial charge on any atom is -0.207 e. The Morgan fingerprint density at radius 3 is 2.73 bits per heavy atom. The number of hydrogen-bond acceptors (Lipinski definition) is 1. The van der Waals surface area contributed by atoms with Crippen molar-refractivity contribution in [1.82, 2.24) is 0 Å². The molecule has 3 rings (SSSR count). The van der Waals surface area contributed by atoms with Gasteiger partial charge in [0.05, 0.1) is 5.56 Å². The molecule has 0 aromatic heterocycles. The molecule has 0 saturated heterocycles. The largest absolute Gasteiger partial charge is 0.207 e. The predicted octanol–water partition coefficient (Wildman–Crippen LogP) is 4.67. The number of halogens is 2. The summed E-state index contributed by atoms with van der Waals surface area (Å²) >= 11 is 0. The molecular formula is C19H17F2N. The summed E-state index contributed by atoms with van der Waals surface area (Å²) in [4.78, 5) is 0. The normalized spacial score (nSPS) is 16.9. The number of fused-ring (bicyclic) bond motifs is 1. The zero-order valence-corrected chi connectivity index (χ0v) is 12.5. The molecule has 0 bridgehead atoms. The average Bonchev–Trinajstić information content (AvgIpc) is 2.54. The number of rotatable bonds is 2. The highest BCUT2D eigenvalue weighted by atomic mass is 19.1. The van der Waals surface area contributed by atoms with Crippen molar-refractivity contribution >= 4 is 0 Å². The van der Waals surface area contributed by atoms with Crippen molar-refractivity contribution in [1.29, 1.82) is 5.26 Å². The Morgan fingerprint density at radius 2 is 2.05 bits per heavy atom. The van der Waals surface area contributed by atoms with Crippen molar-refractivity contribution in [3.8, 4) is 6.07 Å². The summed E-state index contributed by atoms with van der Waals surface area (Å²) in [5, 5.41) is 8.90. The van der Waals surface area contributed by atoms with Gasteiger partial charge in [0.2, 0.25) is 0 Å². The van der Waals surface area contributed by atoms with Gasteiger partial charge in [-0.3, -0.25) is 0 Å². The van der Waals surface area contributed by atoms with Gasteiger partial charge in [0.15, 0.2) is 0 Å². The van der Waals surface area contributed by atoms with Gasteiger partial charge in [-0.1, -0.05) is 25.1 Å². The zero-order valence-electron chi connectivity index (χ0n) is 12.5. The second-order valence-corrected chi connectivity index (χ2v) is 5.83. The van der Waals surface area contributed by atoms with Gasteiger partial charge < -0.3 is 0 Å². The molecule has 1 unspecified atom stereocenters. The molecule has 1 aliphatic carbocycles. The summed E-state index contributed by atoms with van der Waals surface area (Å²) in [6.07, 6.45) is 2.70. The standard InChI is InChI=1S/C19H17F2N/c1-2-12-3-7-16(18(20)9-12)13-6-8-17-14(10-13)4-5-15(11-22)19(17)21/h3-5,7,9,13H,2,6,8,10H2,1H3. The summed E-state index contributed by atoms with van der Waals surface area (Å²) in [5.74, 6) is -0.493. The third-order valence-corrected chi connectivity index (χ3v) is 4.58. The molecule has 0 spiro atoms. The van der Waals surface area contributed by atoms with Crippen LogP contribution >= 0.6 is 0 Å². The van der Waals surface area contributed by atoms with Crippen LogP contribution in [-0.2, 0) is 19.3 Å². The topological polar surface area (TPSA) is 23.8 Å². The van der Waals surface area contributed by atoms with Gasteiger partial charge in [0, 0.05) is 0 Å². The predicted molar refractivity (Wildman–Crippen MR) is 81.7 cm³/mol. The molecule has 0 N–H and O–H groups in total. The monoisotopic (exact) mass is 297 g/mol.